The molecule has 0 saturated heterocycles. The van der Waals surface area contributed by atoms with Crippen LogP contribution >= 0.6 is 0 Å². The van der Waals surface area contributed by atoms with E-state index in [1.54, 1.807) is 36.6 Å². The molecule has 1 aromatic carbocycles. The Hall–Kier alpha value is -4.26. The minimum absolute atomic E-state index is 0.157. The second kappa shape index (κ2) is 9.70. The monoisotopic (exact) mass is 429 g/mol. The zero-order valence-corrected chi connectivity index (χ0v) is 17.8. The Bertz CT molecular complexity index is 1210. The molecule has 1 amide bonds. The summed E-state index contributed by atoms with van der Waals surface area (Å²) in [6, 6.07) is 18.9. The van der Waals surface area contributed by atoms with Crippen LogP contribution in [-0.2, 0) is 6.61 Å². The molecular weight excluding hydrogens is 406 g/mol. The first-order valence-electron chi connectivity index (χ1n) is 10.1. The van der Waals surface area contributed by atoms with Crippen LogP contribution in [0.1, 0.15) is 33.5 Å². The molecule has 0 saturated carbocycles. The third-order valence-electron chi connectivity index (χ3n) is 4.76. The average Bonchev–Trinajstić information content (AvgIpc) is 3.55. The fourth-order valence-electron chi connectivity index (χ4n) is 3.22. The molecular formula is C25H23N3O4. The molecule has 0 bridgehead atoms. The molecule has 7 heteroatoms. The topological polar surface area (TPSA) is 81.9 Å². The molecule has 3 heterocycles. The van der Waals surface area contributed by atoms with E-state index in [1.807, 2.05) is 30.3 Å². The molecule has 4 aromatic rings. The molecule has 4 rings (SSSR count). The van der Waals surface area contributed by atoms with Gasteiger partial charge in [0.05, 0.1) is 6.26 Å². The average molecular weight is 429 g/mol. The minimum atomic E-state index is -0.444. The van der Waals surface area contributed by atoms with Gasteiger partial charge in [0.25, 0.3) is 0 Å². The number of benzene rings is 1. The van der Waals surface area contributed by atoms with Crippen molar-refractivity contribution in [2.24, 2.45) is 5.10 Å². The van der Waals surface area contributed by atoms with Crippen LogP contribution < -0.4 is 10.2 Å². The number of furan rings is 2. The van der Waals surface area contributed by atoms with Crippen molar-refractivity contribution in [3.8, 4) is 11.4 Å². The summed E-state index contributed by atoms with van der Waals surface area (Å²) in [5, 5.41) is 3.85. The van der Waals surface area contributed by atoms with Crippen LogP contribution in [0.15, 0.2) is 86.9 Å². The summed E-state index contributed by atoms with van der Waals surface area (Å²) in [6.07, 6.45) is 6.42. The number of allylic oxidation sites excluding steroid dienone is 1. The van der Waals surface area contributed by atoms with Crippen LogP contribution in [0.3, 0.4) is 0 Å². The van der Waals surface area contributed by atoms with Crippen LogP contribution in [0.5, 0.6) is 5.75 Å². The first-order valence-corrected chi connectivity index (χ1v) is 10.1. The summed E-state index contributed by atoms with van der Waals surface area (Å²) in [7, 11) is 0. The zero-order chi connectivity index (χ0) is 22.3. The number of amides is 1. The van der Waals surface area contributed by atoms with Crippen molar-refractivity contribution < 1.29 is 18.4 Å². The van der Waals surface area contributed by atoms with Crippen molar-refractivity contribution in [2.45, 2.75) is 20.5 Å². The Morgan fingerprint density at radius 1 is 1.06 bits per heavy atom. The number of ether oxygens (including phenoxy) is 1. The van der Waals surface area contributed by atoms with Crippen LogP contribution in [0.2, 0.25) is 0 Å². The van der Waals surface area contributed by atoms with E-state index in [0.717, 1.165) is 5.69 Å². The van der Waals surface area contributed by atoms with Crippen molar-refractivity contribution in [1.82, 2.24) is 9.99 Å². The number of nitrogens with one attached hydrogen (secondary N) is 1. The van der Waals surface area contributed by atoms with Crippen molar-refractivity contribution in [3.63, 3.8) is 0 Å². The number of hydrazone groups is 1. The van der Waals surface area contributed by atoms with Gasteiger partial charge in [-0.05, 0) is 86.7 Å². The Morgan fingerprint density at radius 2 is 1.84 bits per heavy atom. The number of aryl methyl sites for hydroxylation is 2. The van der Waals surface area contributed by atoms with Gasteiger partial charge in [-0.2, -0.15) is 5.10 Å². The molecule has 0 radical (unpaired) electrons. The molecule has 0 fully saturated rings. The summed E-state index contributed by atoms with van der Waals surface area (Å²) in [4.78, 5) is 12.1. The first-order chi connectivity index (χ1) is 15.6. The fraction of sp³-hybridized carbons (Fsp3) is 0.120. The zero-order valence-electron chi connectivity index (χ0n) is 17.8. The molecule has 3 aromatic heterocycles. The smallest absolute Gasteiger partial charge is 0.307 e. The predicted molar refractivity (Wildman–Crippen MR) is 122 cm³/mol. The lowest BCUT2D eigenvalue weighted by Crippen LogP contribution is -2.16. The highest BCUT2D eigenvalue weighted by molar-refractivity contribution is 5.92. The maximum Gasteiger partial charge on any atom is 0.307 e. The van der Waals surface area contributed by atoms with Crippen molar-refractivity contribution in [1.29, 1.82) is 0 Å². The third-order valence-corrected chi connectivity index (χ3v) is 4.76. The van der Waals surface area contributed by atoms with E-state index in [4.69, 9.17) is 13.6 Å². The predicted octanol–water partition coefficient (Wildman–Crippen LogP) is 5.29. The summed E-state index contributed by atoms with van der Waals surface area (Å²) in [5.41, 5.74) is 5.84. The molecule has 0 unspecified atom stereocenters. The highest BCUT2D eigenvalue weighted by Crippen LogP contribution is 2.21. The minimum Gasteiger partial charge on any atom is -0.486 e. The Morgan fingerprint density at radius 3 is 2.56 bits per heavy atom. The molecule has 0 aliphatic heterocycles. The van der Waals surface area contributed by atoms with Crippen molar-refractivity contribution in [2.75, 3.05) is 0 Å². The molecule has 0 spiro atoms. The van der Waals surface area contributed by atoms with E-state index < -0.39 is 5.91 Å². The maximum atomic E-state index is 12.1. The van der Waals surface area contributed by atoms with Gasteiger partial charge in [-0.1, -0.05) is 0 Å². The summed E-state index contributed by atoms with van der Waals surface area (Å²) in [6.45, 7) is 4.36. The van der Waals surface area contributed by atoms with Gasteiger partial charge in [0.15, 0.2) is 5.76 Å². The normalized spacial score (nSPS) is 11.4. The largest absolute Gasteiger partial charge is 0.486 e. The molecule has 1 N–H and O–H groups in total. The van der Waals surface area contributed by atoms with Crippen LogP contribution in [-0.4, -0.2) is 16.7 Å². The quantitative estimate of drug-likeness (QED) is 0.305. The maximum absolute atomic E-state index is 12.1. The van der Waals surface area contributed by atoms with Crippen molar-refractivity contribution >= 4 is 18.2 Å². The van der Waals surface area contributed by atoms with E-state index in [-0.39, 0.29) is 12.4 Å². The number of aromatic nitrogens is 1. The van der Waals surface area contributed by atoms with Gasteiger partial charge in [-0.3, -0.25) is 4.79 Å². The van der Waals surface area contributed by atoms with Crippen molar-refractivity contribution in [3.05, 3.63) is 102 Å². The van der Waals surface area contributed by atoms with Crippen LogP contribution in [0.4, 0.5) is 0 Å². The Balaban J connectivity index is 1.28. The van der Waals surface area contributed by atoms with E-state index in [0.29, 0.717) is 17.3 Å². The lowest BCUT2D eigenvalue weighted by molar-refractivity contribution is 0.0923. The fourth-order valence-corrected chi connectivity index (χ4v) is 3.22. The number of nitrogens with zero attached hydrogens (tertiary/aromatic N) is 2. The number of hydrogen-bond donors (Lipinski definition) is 1. The molecule has 32 heavy (non-hydrogen) atoms. The second-order valence-electron chi connectivity index (χ2n) is 7.09. The molecule has 0 atom stereocenters. The number of carbonyl (C=O) groups is 1. The number of hydrogen-bond acceptors (Lipinski definition) is 5. The highest BCUT2D eigenvalue weighted by atomic mass is 16.5. The van der Waals surface area contributed by atoms with Gasteiger partial charge in [0.1, 0.15) is 23.9 Å². The third kappa shape index (κ3) is 5.07. The van der Waals surface area contributed by atoms with E-state index in [9.17, 15) is 4.79 Å². The van der Waals surface area contributed by atoms with E-state index >= 15 is 0 Å². The lowest BCUT2D eigenvalue weighted by atomic mass is 10.3. The van der Waals surface area contributed by atoms with Crippen LogP contribution in [0, 0.1) is 13.8 Å². The molecule has 0 aliphatic rings. The van der Waals surface area contributed by atoms with Gasteiger partial charge < -0.3 is 18.1 Å². The number of carbonyl (C=O) groups excluding carboxylic acids is 1. The Labute approximate surface area is 185 Å². The first kappa shape index (κ1) is 21.0. The second-order valence-corrected chi connectivity index (χ2v) is 7.09. The van der Waals surface area contributed by atoms with Gasteiger partial charge in [0.2, 0.25) is 0 Å². The van der Waals surface area contributed by atoms with E-state index in [1.165, 1.54) is 17.6 Å². The number of rotatable bonds is 8. The van der Waals surface area contributed by atoms with Gasteiger partial charge in [0, 0.05) is 23.3 Å². The molecule has 7 nitrogen and oxygen atoms in total. The SMILES string of the molecule is Cc1ccc(C)n1-c1ccc(OCc2ccc(C(=O)NN=CC=Cc3ccco3)o2)cc1. The Kier molecular flexibility index (Phi) is 6.36. The van der Waals surface area contributed by atoms with E-state index in [2.05, 4.69) is 41.1 Å². The highest BCUT2D eigenvalue weighted by Gasteiger charge is 2.11. The lowest BCUT2D eigenvalue weighted by Gasteiger charge is -2.10. The van der Waals surface area contributed by atoms with Crippen LogP contribution in [0.25, 0.3) is 11.8 Å². The summed E-state index contributed by atoms with van der Waals surface area (Å²) >= 11 is 0. The molecule has 0 aliphatic carbocycles. The molecule has 162 valence electrons. The summed E-state index contributed by atoms with van der Waals surface area (Å²) < 4.78 is 18.7. The van der Waals surface area contributed by atoms with Gasteiger partial charge in [-0.15, -0.1) is 0 Å². The standard InChI is InChI=1S/C25H23N3O4/c1-18-7-8-19(2)28(18)20-9-11-22(12-10-20)31-17-23-13-14-24(32-23)25(29)27-26-15-3-5-21-6-4-16-30-21/h3-16H,17H2,1-2H3,(H,27,29). The summed E-state index contributed by atoms with van der Waals surface area (Å²) in [5.74, 6) is 1.66. The van der Waals surface area contributed by atoms with Gasteiger partial charge >= 0.3 is 5.91 Å². The van der Waals surface area contributed by atoms with Gasteiger partial charge in [-0.25, -0.2) is 5.43 Å².